The molecule has 4 N–H and O–H groups in total. The number of nitrogens with one attached hydrogen (secondary N) is 1. The predicted molar refractivity (Wildman–Crippen MR) is 76.3 cm³/mol. The molecule has 1 rings (SSSR count). The number of nitrogen functional groups attached to an aromatic ring is 1. The molecule has 1 atom stereocenters. The van der Waals surface area contributed by atoms with Crippen molar-refractivity contribution in [2.45, 2.75) is 26.3 Å². The third-order valence-corrected chi connectivity index (χ3v) is 3.44. The first-order chi connectivity index (χ1) is 8.56. The van der Waals surface area contributed by atoms with Gasteiger partial charge in [0.25, 0.3) is 0 Å². The van der Waals surface area contributed by atoms with Gasteiger partial charge >= 0.3 is 5.97 Å². The number of rotatable bonds is 7. The first-order valence-corrected chi connectivity index (χ1v) is 7.03. The van der Waals surface area contributed by atoms with Gasteiger partial charge in [-0.3, -0.25) is 0 Å². The first-order valence-electron chi connectivity index (χ1n) is 5.88. The molecule has 18 heavy (non-hydrogen) atoms. The average molecular weight is 269 g/mol. The standard InChI is InChI=1S/C12H19N3O2S/c1-3-18-7-5-8(2)15-11-10(13)9(12(16)17)4-6-14-11/h4,6,8H,3,5,7,13H2,1-2H3,(H,14,15)(H,16,17). The van der Waals surface area contributed by atoms with Crippen molar-refractivity contribution in [3.63, 3.8) is 0 Å². The molecule has 0 aliphatic rings. The van der Waals surface area contributed by atoms with Gasteiger partial charge < -0.3 is 16.2 Å². The summed E-state index contributed by atoms with van der Waals surface area (Å²) in [4.78, 5) is 15.0. The fourth-order valence-corrected chi connectivity index (χ4v) is 2.29. The molecule has 0 aliphatic heterocycles. The van der Waals surface area contributed by atoms with E-state index in [1.807, 2.05) is 18.7 Å². The highest BCUT2D eigenvalue weighted by atomic mass is 32.2. The van der Waals surface area contributed by atoms with E-state index >= 15 is 0 Å². The number of thioether (sulfide) groups is 1. The highest BCUT2D eigenvalue weighted by Gasteiger charge is 2.13. The molecule has 0 fully saturated rings. The molecule has 0 aromatic carbocycles. The normalized spacial score (nSPS) is 12.1. The third kappa shape index (κ3) is 4.10. The van der Waals surface area contributed by atoms with E-state index in [0.29, 0.717) is 5.82 Å². The summed E-state index contributed by atoms with van der Waals surface area (Å²) in [5.74, 6) is 1.57. The zero-order valence-electron chi connectivity index (χ0n) is 10.6. The lowest BCUT2D eigenvalue weighted by Crippen LogP contribution is -2.19. The minimum atomic E-state index is -1.04. The number of aromatic nitrogens is 1. The summed E-state index contributed by atoms with van der Waals surface area (Å²) in [5.41, 5.74) is 6.06. The Morgan fingerprint density at radius 2 is 2.39 bits per heavy atom. The lowest BCUT2D eigenvalue weighted by Gasteiger charge is -2.16. The van der Waals surface area contributed by atoms with Crippen LogP contribution in [0.2, 0.25) is 0 Å². The average Bonchev–Trinajstić information content (AvgIpc) is 2.32. The van der Waals surface area contributed by atoms with Crippen molar-refractivity contribution in [3.05, 3.63) is 17.8 Å². The Balaban J connectivity index is 2.67. The Hall–Kier alpha value is -1.43. The van der Waals surface area contributed by atoms with Crippen molar-refractivity contribution in [2.75, 3.05) is 22.6 Å². The van der Waals surface area contributed by atoms with Crippen molar-refractivity contribution >= 4 is 29.2 Å². The van der Waals surface area contributed by atoms with Crippen LogP contribution in [-0.4, -0.2) is 33.6 Å². The SMILES string of the molecule is CCSCCC(C)Nc1nccc(C(=O)O)c1N. The van der Waals surface area contributed by atoms with Crippen LogP contribution in [-0.2, 0) is 0 Å². The Morgan fingerprint density at radius 3 is 3.00 bits per heavy atom. The zero-order chi connectivity index (χ0) is 13.5. The highest BCUT2D eigenvalue weighted by Crippen LogP contribution is 2.21. The van der Waals surface area contributed by atoms with Crippen LogP contribution in [0.25, 0.3) is 0 Å². The fourth-order valence-electron chi connectivity index (χ4n) is 1.48. The molecule has 100 valence electrons. The molecule has 1 aromatic heterocycles. The van der Waals surface area contributed by atoms with Gasteiger partial charge in [0, 0.05) is 12.2 Å². The molecule has 1 heterocycles. The fraction of sp³-hybridized carbons (Fsp3) is 0.500. The van der Waals surface area contributed by atoms with Gasteiger partial charge in [0.05, 0.1) is 11.3 Å². The second-order valence-corrected chi connectivity index (χ2v) is 5.35. The van der Waals surface area contributed by atoms with Gasteiger partial charge in [-0.1, -0.05) is 6.92 Å². The van der Waals surface area contributed by atoms with E-state index in [1.54, 1.807) is 0 Å². The molecule has 5 nitrogen and oxygen atoms in total. The number of pyridine rings is 1. The topological polar surface area (TPSA) is 88.2 Å². The van der Waals surface area contributed by atoms with Crippen LogP contribution >= 0.6 is 11.8 Å². The second-order valence-electron chi connectivity index (χ2n) is 3.96. The molecule has 6 heteroatoms. The van der Waals surface area contributed by atoms with Crippen LogP contribution < -0.4 is 11.1 Å². The summed E-state index contributed by atoms with van der Waals surface area (Å²) in [6.07, 6.45) is 2.44. The smallest absolute Gasteiger partial charge is 0.337 e. The predicted octanol–water partition coefficient (Wildman–Crippen LogP) is 2.31. The van der Waals surface area contributed by atoms with Gasteiger partial charge in [-0.15, -0.1) is 0 Å². The summed E-state index contributed by atoms with van der Waals surface area (Å²) in [7, 11) is 0. The van der Waals surface area contributed by atoms with Gasteiger partial charge in [0.2, 0.25) is 0 Å². The van der Waals surface area contributed by atoms with Crippen molar-refractivity contribution in [3.8, 4) is 0 Å². The minimum absolute atomic E-state index is 0.0858. The van der Waals surface area contributed by atoms with Gasteiger partial charge in [-0.2, -0.15) is 11.8 Å². The number of carboxylic acid groups (broad SMARTS) is 1. The van der Waals surface area contributed by atoms with Crippen molar-refractivity contribution < 1.29 is 9.90 Å². The van der Waals surface area contributed by atoms with Crippen LogP contribution in [0.3, 0.4) is 0 Å². The molecule has 0 radical (unpaired) electrons. The molecule has 0 bridgehead atoms. The molecule has 1 unspecified atom stereocenters. The van der Waals surface area contributed by atoms with Gasteiger partial charge in [0.15, 0.2) is 0 Å². The van der Waals surface area contributed by atoms with E-state index < -0.39 is 5.97 Å². The summed E-state index contributed by atoms with van der Waals surface area (Å²) in [6, 6.07) is 1.61. The van der Waals surface area contributed by atoms with Crippen LogP contribution in [0, 0.1) is 0 Å². The Bertz CT molecular complexity index is 412. The highest BCUT2D eigenvalue weighted by molar-refractivity contribution is 7.99. The second kappa shape index (κ2) is 7.10. The molecule has 0 saturated heterocycles. The third-order valence-electron chi connectivity index (χ3n) is 2.50. The molecular formula is C12H19N3O2S. The Kier molecular flexibility index (Phi) is 5.77. The van der Waals surface area contributed by atoms with E-state index in [2.05, 4.69) is 17.2 Å². The summed E-state index contributed by atoms with van der Waals surface area (Å²) >= 11 is 1.87. The first kappa shape index (κ1) is 14.6. The number of anilines is 2. The van der Waals surface area contributed by atoms with Crippen LogP contribution in [0.4, 0.5) is 11.5 Å². The number of hydrogen-bond acceptors (Lipinski definition) is 5. The number of carbonyl (C=O) groups is 1. The van der Waals surface area contributed by atoms with Crippen LogP contribution in [0.1, 0.15) is 30.6 Å². The van der Waals surface area contributed by atoms with E-state index in [0.717, 1.165) is 17.9 Å². The minimum Gasteiger partial charge on any atom is -0.478 e. The summed E-state index contributed by atoms with van der Waals surface area (Å²) in [6.45, 7) is 4.16. The summed E-state index contributed by atoms with van der Waals surface area (Å²) < 4.78 is 0. The largest absolute Gasteiger partial charge is 0.478 e. The van der Waals surface area contributed by atoms with Crippen LogP contribution in [0.5, 0.6) is 0 Å². The lowest BCUT2D eigenvalue weighted by molar-refractivity contribution is 0.0698. The van der Waals surface area contributed by atoms with Crippen molar-refractivity contribution in [1.82, 2.24) is 4.98 Å². The van der Waals surface area contributed by atoms with Crippen LogP contribution in [0.15, 0.2) is 12.3 Å². The van der Waals surface area contributed by atoms with Crippen molar-refractivity contribution in [1.29, 1.82) is 0 Å². The molecule has 0 spiro atoms. The van der Waals surface area contributed by atoms with E-state index in [4.69, 9.17) is 10.8 Å². The monoisotopic (exact) mass is 269 g/mol. The number of carboxylic acids is 1. The molecule has 0 aliphatic carbocycles. The number of nitrogens with zero attached hydrogens (tertiary/aromatic N) is 1. The Morgan fingerprint density at radius 1 is 1.67 bits per heavy atom. The molecule has 0 amide bonds. The maximum atomic E-state index is 10.9. The quantitative estimate of drug-likeness (QED) is 0.658. The molecular weight excluding hydrogens is 250 g/mol. The van der Waals surface area contributed by atoms with E-state index in [-0.39, 0.29) is 17.3 Å². The molecule has 0 saturated carbocycles. The number of aromatic carboxylic acids is 1. The maximum Gasteiger partial charge on any atom is 0.337 e. The maximum absolute atomic E-state index is 10.9. The number of hydrogen-bond donors (Lipinski definition) is 3. The molecule has 1 aromatic rings. The summed E-state index contributed by atoms with van der Waals surface area (Å²) in [5, 5.41) is 12.1. The number of nitrogens with two attached hydrogens (primary N) is 1. The van der Waals surface area contributed by atoms with E-state index in [1.165, 1.54) is 12.3 Å². The zero-order valence-corrected chi connectivity index (χ0v) is 11.5. The lowest BCUT2D eigenvalue weighted by atomic mass is 10.2. The van der Waals surface area contributed by atoms with Crippen molar-refractivity contribution in [2.24, 2.45) is 0 Å². The van der Waals surface area contributed by atoms with Gasteiger partial charge in [-0.25, -0.2) is 9.78 Å². The van der Waals surface area contributed by atoms with Gasteiger partial charge in [0.1, 0.15) is 5.82 Å². The Labute approximate surface area is 111 Å². The van der Waals surface area contributed by atoms with Gasteiger partial charge in [-0.05, 0) is 30.9 Å². The van der Waals surface area contributed by atoms with E-state index in [9.17, 15) is 4.79 Å².